The van der Waals surface area contributed by atoms with Crippen LogP contribution in [0.4, 0.5) is 0 Å². The van der Waals surface area contributed by atoms with Crippen molar-refractivity contribution in [1.82, 2.24) is 9.80 Å². The summed E-state index contributed by atoms with van der Waals surface area (Å²) in [6.45, 7) is 11.7. The van der Waals surface area contributed by atoms with Gasteiger partial charge in [0.1, 0.15) is 0 Å². The van der Waals surface area contributed by atoms with Crippen LogP contribution in [0.1, 0.15) is 52.9 Å². The van der Waals surface area contributed by atoms with Gasteiger partial charge < -0.3 is 5.11 Å². The number of rotatable bonds is 5. The molecule has 2 rings (SSSR count). The molecule has 0 spiro atoms. The number of piperazine rings is 1. The van der Waals surface area contributed by atoms with Gasteiger partial charge in [-0.3, -0.25) is 14.6 Å². The van der Waals surface area contributed by atoms with Crippen molar-refractivity contribution >= 4 is 5.97 Å². The number of hydrogen-bond donors (Lipinski definition) is 1. The molecule has 21 heavy (non-hydrogen) atoms. The first-order valence-corrected chi connectivity index (χ1v) is 8.66. The Morgan fingerprint density at radius 2 is 2.00 bits per heavy atom. The molecule has 0 aromatic carbocycles. The maximum Gasteiger partial charge on any atom is 0.310 e. The Hall–Kier alpha value is -0.610. The monoisotopic (exact) mass is 296 g/mol. The van der Waals surface area contributed by atoms with E-state index in [1.54, 1.807) is 0 Å². The average Bonchev–Trinajstić information content (AvgIpc) is 2.47. The zero-order valence-electron chi connectivity index (χ0n) is 14.0. The van der Waals surface area contributed by atoms with E-state index in [-0.39, 0.29) is 0 Å². The highest BCUT2D eigenvalue weighted by atomic mass is 16.4. The van der Waals surface area contributed by atoms with Crippen LogP contribution in [0.15, 0.2) is 0 Å². The van der Waals surface area contributed by atoms with Crippen molar-refractivity contribution in [3.8, 4) is 0 Å². The van der Waals surface area contributed by atoms with Crippen LogP contribution in [-0.4, -0.2) is 59.6 Å². The lowest BCUT2D eigenvalue weighted by atomic mass is 9.69. The van der Waals surface area contributed by atoms with Crippen molar-refractivity contribution in [3.63, 3.8) is 0 Å². The minimum absolute atomic E-state index is 0.490. The van der Waals surface area contributed by atoms with Crippen LogP contribution in [0.5, 0.6) is 0 Å². The van der Waals surface area contributed by atoms with Crippen molar-refractivity contribution in [2.45, 2.75) is 58.9 Å². The van der Waals surface area contributed by atoms with Crippen LogP contribution in [-0.2, 0) is 4.79 Å². The number of aliphatic carboxylic acids is 1. The minimum atomic E-state index is -0.571. The van der Waals surface area contributed by atoms with Crippen LogP contribution in [0.2, 0.25) is 0 Å². The standard InChI is InChI=1S/C17H32N2O2/c1-4-15(3)19-10-8-18(9-11-19)13-17(16(20)21)7-5-6-14(2)12-17/h14-15H,4-13H2,1-3H3,(H,20,21). The first-order chi connectivity index (χ1) is 9.97. The molecular formula is C17H32N2O2. The van der Waals surface area contributed by atoms with Gasteiger partial charge in [0.25, 0.3) is 0 Å². The van der Waals surface area contributed by atoms with Gasteiger partial charge in [0.15, 0.2) is 0 Å². The predicted octanol–water partition coefficient (Wildman–Crippen LogP) is 2.68. The van der Waals surface area contributed by atoms with Gasteiger partial charge in [-0.05, 0) is 32.1 Å². The molecule has 2 fully saturated rings. The van der Waals surface area contributed by atoms with Crippen molar-refractivity contribution in [2.75, 3.05) is 32.7 Å². The summed E-state index contributed by atoms with van der Waals surface area (Å²) in [6, 6.07) is 0.648. The number of hydrogen-bond acceptors (Lipinski definition) is 3. The predicted molar refractivity (Wildman–Crippen MR) is 85.5 cm³/mol. The van der Waals surface area contributed by atoms with E-state index >= 15 is 0 Å². The van der Waals surface area contributed by atoms with E-state index in [4.69, 9.17) is 0 Å². The van der Waals surface area contributed by atoms with Crippen molar-refractivity contribution < 1.29 is 9.90 Å². The number of carboxylic acid groups (broad SMARTS) is 1. The van der Waals surface area contributed by atoms with Gasteiger partial charge in [-0.1, -0.05) is 26.7 Å². The third-order valence-electron chi connectivity index (χ3n) is 5.69. The van der Waals surface area contributed by atoms with Crippen molar-refractivity contribution in [2.24, 2.45) is 11.3 Å². The smallest absolute Gasteiger partial charge is 0.310 e. The van der Waals surface area contributed by atoms with Gasteiger partial charge >= 0.3 is 5.97 Å². The van der Waals surface area contributed by atoms with Gasteiger partial charge in [-0.25, -0.2) is 0 Å². The maximum absolute atomic E-state index is 11.9. The second kappa shape index (κ2) is 7.10. The maximum atomic E-state index is 11.9. The molecule has 1 N–H and O–H groups in total. The quantitative estimate of drug-likeness (QED) is 0.847. The van der Waals surface area contributed by atoms with Gasteiger partial charge in [-0.2, -0.15) is 0 Å². The molecule has 0 aromatic heterocycles. The normalized spacial score (nSPS) is 33.8. The van der Waals surface area contributed by atoms with E-state index in [0.717, 1.165) is 52.0 Å². The Kier molecular flexibility index (Phi) is 5.67. The molecule has 0 amide bonds. The minimum Gasteiger partial charge on any atom is -0.481 e. The molecule has 3 unspecified atom stereocenters. The van der Waals surface area contributed by atoms with Crippen LogP contribution in [0, 0.1) is 11.3 Å². The largest absolute Gasteiger partial charge is 0.481 e. The molecule has 1 heterocycles. The average molecular weight is 296 g/mol. The summed E-state index contributed by atoms with van der Waals surface area (Å²) in [5.74, 6) is -0.0188. The summed E-state index contributed by atoms with van der Waals surface area (Å²) in [6.07, 6.45) is 5.17. The molecule has 1 aliphatic heterocycles. The van der Waals surface area contributed by atoms with E-state index in [2.05, 4.69) is 30.6 Å². The Morgan fingerprint density at radius 1 is 1.33 bits per heavy atom. The SMILES string of the molecule is CCC(C)N1CCN(CC2(C(=O)O)CCCC(C)C2)CC1. The lowest BCUT2D eigenvalue weighted by Crippen LogP contribution is -2.54. The molecule has 0 bridgehead atoms. The highest BCUT2D eigenvalue weighted by Gasteiger charge is 2.43. The Labute approximate surface area is 129 Å². The molecule has 0 radical (unpaired) electrons. The summed E-state index contributed by atoms with van der Waals surface area (Å²) in [4.78, 5) is 16.8. The van der Waals surface area contributed by atoms with Crippen LogP contribution < -0.4 is 0 Å². The molecule has 4 heteroatoms. The molecule has 2 aliphatic rings. The molecule has 3 atom stereocenters. The summed E-state index contributed by atoms with van der Waals surface area (Å²) < 4.78 is 0. The second-order valence-electron chi connectivity index (χ2n) is 7.36. The fourth-order valence-corrected chi connectivity index (χ4v) is 4.11. The van der Waals surface area contributed by atoms with Crippen LogP contribution >= 0.6 is 0 Å². The summed E-state index contributed by atoms with van der Waals surface area (Å²) in [5.41, 5.74) is -0.490. The highest BCUT2D eigenvalue weighted by Crippen LogP contribution is 2.40. The van der Waals surface area contributed by atoms with Gasteiger partial charge in [-0.15, -0.1) is 0 Å². The molecule has 0 aromatic rings. The molecule has 1 saturated carbocycles. The molecule has 122 valence electrons. The Bertz CT molecular complexity index is 353. The van der Waals surface area contributed by atoms with E-state index in [9.17, 15) is 9.90 Å². The zero-order valence-corrected chi connectivity index (χ0v) is 14.0. The molecule has 1 aliphatic carbocycles. The van der Waals surface area contributed by atoms with Gasteiger partial charge in [0.05, 0.1) is 5.41 Å². The molecular weight excluding hydrogens is 264 g/mol. The Morgan fingerprint density at radius 3 is 2.52 bits per heavy atom. The van der Waals surface area contributed by atoms with E-state index in [1.807, 2.05) is 0 Å². The lowest BCUT2D eigenvalue weighted by Gasteiger charge is -2.43. The number of carboxylic acids is 1. The highest BCUT2D eigenvalue weighted by molar-refractivity contribution is 5.75. The zero-order chi connectivity index (χ0) is 15.5. The first-order valence-electron chi connectivity index (χ1n) is 8.66. The van der Waals surface area contributed by atoms with Crippen molar-refractivity contribution in [1.29, 1.82) is 0 Å². The van der Waals surface area contributed by atoms with E-state index in [1.165, 1.54) is 12.8 Å². The topological polar surface area (TPSA) is 43.8 Å². The van der Waals surface area contributed by atoms with Gasteiger partial charge in [0, 0.05) is 38.8 Å². The lowest BCUT2D eigenvalue weighted by molar-refractivity contribution is -0.154. The van der Waals surface area contributed by atoms with Crippen LogP contribution in [0.3, 0.4) is 0 Å². The van der Waals surface area contributed by atoms with Gasteiger partial charge in [0.2, 0.25) is 0 Å². The second-order valence-corrected chi connectivity index (χ2v) is 7.36. The number of nitrogens with zero attached hydrogens (tertiary/aromatic N) is 2. The van der Waals surface area contributed by atoms with Crippen molar-refractivity contribution in [3.05, 3.63) is 0 Å². The summed E-state index contributed by atoms with van der Waals surface area (Å²) in [5, 5.41) is 9.78. The fourth-order valence-electron chi connectivity index (χ4n) is 4.11. The number of carbonyl (C=O) groups is 1. The van der Waals surface area contributed by atoms with E-state index < -0.39 is 11.4 Å². The summed E-state index contributed by atoms with van der Waals surface area (Å²) in [7, 11) is 0. The first kappa shape index (κ1) is 16.8. The van der Waals surface area contributed by atoms with E-state index in [0.29, 0.717) is 12.0 Å². The molecule has 4 nitrogen and oxygen atoms in total. The summed E-state index contributed by atoms with van der Waals surface area (Å²) >= 11 is 0. The third kappa shape index (κ3) is 3.98. The third-order valence-corrected chi connectivity index (χ3v) is 5.69. The fraction of sp³-hybridized carbons (Fsp3) is 0.941. The Balaban J connectivity index is 1.92. The molecule has 1 saturated heterocycles. The van der Waals surface area contributed by atoms with Crippen LogP contribution in [0.25, 0.3) is 0 Å².